The first kappa shape index (κ1) is 18.8. The third-order valence-corrected chi connectivity index (χ3v) is 4.90. The number of carbonyl (C=O) groups excluding carboxylic acids is 1. The topological polar surface area (TPSA) is 48.5 Å². The molecule has 1 aromatic carbocycles. The molecule has 1 aliphatic rings. The van der Waals surface area contributed by atoms with Gasteiger partial charge in [-0.25, -0.2) is 0 Å². The summed E-state index contributed by atoms with van der Waals surface area (Å²) in [5, 5.41) is 3.85. The fourth-order valence-corrected chi connectivity index (χ4v) is 3.61. The Kier molecular flexibility index (Phi) is 6.25. The van der Waals surface area contributed by atoms with Crippen molar-refractivity contribution < 1.29 is 4.79 Å². The third kappa shape index (κ3) is 5.04. The number of rotatable bonds is 6. The molecule has 1 amide bonds. The number of benzene rings is 1. The molecule has 0 aliphatic carbocycles. The van der Waals surface area contributed by atoms with E-state index in [1.807, 2.05) is 24.4 Å². The molecule has 3 rings (SSSR count). The van der Waals surface area contributed by atoms with E-state index in [1.54, 1.807) is 24.3 Å². The Morgan fingerprint density at radius 1 is 1.23 bits per heavy atom. The van der Waals surface area contributed by atoms with Gasteiger partial charge >= 0.3 is 0 Å². The van der Waals surface area contributed by atoms with Crippen LogP contribution in [-0.2, 0) is 6.54 Å². The summed E-state index contributed by atoms with van der Waals surface area (Å²) in [6.45, 7) is 3.51. The Morgan fingerprint density at radius 3 is 2.65 bits per heavy atom. The van der Waals surface area contributed by atoms with E-state index in [0.29, 0.717) is 16.5 Å². The largest absolute Gasteiger partial charge is 0.348 e. The SMILES string of the molecule is CN(C)C[C@@H]1CN(Cc2ccccn2)C[C@H]1NC(=O)c1ccc(Cl)cc1. The maximum Gasteiger partial charge on any atom is 0.251 e. The van der Waals surface area contributed by atoms with E-state index < -0.39 is 0 Å². The summed E-state index contributed by atoms with van der Waals surface area (Å²) in [7, 11) is 4.14. The lowest BCUT2D eigenvalue weighted by Gasteiger charge is -2.23. The highest BCUT2D eigenvalue weighted by atomic mass is 35.5. The molecule has 0 saturated carbocycles. The van der Waals surface area contributed by atoms with Crippen LogP contribution in [0.25, 0.3) is 0 Å². The van der Waals surface area contributed by atoms with Crippen molar-refractivity contribution in [2.24, 2.45) is 5.92 Å². The summed E-state index contributed by atoms with van der Waals surface area (Å²) >= 11 is 5.91. The molecule has 138 valence electrons. The van der Waals surface area contributed by atoms with E-state index in [4.69, 9.17) is 11.6 Å². The third-order valence-electron chi connectivity index (χ3n) is 4.65. The predicted octanol–water partition coefficient (Wildman–Crippen LogP) is 2.53. The molecule has 0 unspecified atom stereocenters. The van der Waals surface area contributed by atoms with Crippen molar-refractivity contribution in [3.05, 3.63) is 64.9 Å². The number of likely N-dealkylation sites (tertiary alicyclic amines) is 1. The highest BCUT2D eigenvalue weighted by Gasteiger charge is 2.34. The Labute approximate surface area is 160 Å². The van der Waals surface area contributed by atoms with Crippen LogP contribution in [0.4, 0.5) is 0 Å². The number of carbonyl (C=O) groups is 1. The number of hydrogen-bond donors (Lipinski definition) is 1. The van der Waals surface area contributed by atoms with Crippen LogP contribution >= 0.6 is 11.6 Å². The van der Waals surface area contributed by atoms with Crippen molar-refractivity contribution in [2.75, 3.05) is 33.7 Å². The normalized spacial score (nSPS) is 20.5. The Balaban J connectivity index is 1.66. The summed E-state index contributed by atoms with van der Waals surface area (Å²) in [5.41, 5.74) is 1.70. The Bertz CT molecular complexity index is 720. The lowest BCUT2D eigenvalue weighted by Crippen LogP contribution is -2.43. The molecule has 2 heterocycles. The molecule has 1 fully saturated rings. The molecule has 0 bridgehead atoms. The first-order valence-electron chi connectivity index (χ1n) is 8.84. The van der Waals surface area contributed by atoms with Gasteiger partial charge in [0, 0.05) is 54.9 Å². The summed E-state index contributed by atoms with van der Waals surface area (Å²) in [6.07, 6.45) is 1.82. The molecule has 0 spiro atoms. The summed E-state index contributed by atoms with van der Waals surface area (Å²) in [5.74, 6) is 0.333. The van der Waals surface area contributed by atoms with Gasteiger partial charge in [-0.3, -0.25) is 14.7 Å². The van der Waals surface area contributed by atoms with Crippen LogP contribution in [0.1, 0.15) is 16.1 Å². The lowest BCUT2D eigenvalue weighted by molar-refractivity contribution is 0.0927. The smallest absolute Gasteiger partial charge is 0.251 e. The highest BCUT2D eigenvalue weighted by molar-refractivity contribution is 6.30. The zero-order chi connectivity index (χ0) is 18.5. The lowest BCUT2D eigenvalue weighted by atomic mass is 10.0. The number of nitrogens with zero attached hydrogens (tertiary/aromatic N) is 3. The Morgan fingerprint density at radius 2 is 2.00 bits per heavy atom. The van der Waals surface area contributed by atoms with E-state index in [-0.39, 0.29) is 11.9 Å². The van der Waals surface area contributed by atoms with E-state index in [2.05, 4.69) is 34.2 Å². The minimum atomic E-state index is -0.0462. The fourth-order valence-electron chi connectivity index (χ4n) is 3.48. The monoisotopic (exact) mass is 372 g/mol. The first-order valence-corrected chi connectivity index (χ1v) is 9.22. The van der Waals surface area contributed by atoms with Crippen LogP contribution in [0.3, 0.4) is 0 Å². The van der Waals surface area contributed by atoms with Gasteiger partial charge in [0.1, 0.15) is 0 Å². The van der Waals surface area contributed by atoms with Crippen LogP contribution in [0.2, 0.25) is 5.02 Å². The van der Waals surface area contributed by atoms with Crippen LogP contribution in [0.5, 0.6) is 0 Å². The van der Waals surface area contributed by atoms with Gasteiger partial charge < -0.3 is 10.2 Å². The van der Waals surface area contributed by atoms with E-state index in [1.165, 1.54) is 0 Å². The first-order chi connectivity index (χ1) is 12.5. The van der Waals surface area contributed by atoms with E-state index in [9.17, 15) is 4.79 Å². The van der Waals surface area contributed by atoms with Crippen molar-refractivity contribution >= 4 is 17.5 Å². The molecule has 5 nitrogen and oxygen atoms in total. The second-order valence-electron chi connectivity index (χ2n) is 7.12. The van der Waals surface area contributed by atoms with Crippen molar-refractivity contribution in [3.8, 4) is 0 Å². The number of halogens is 1. The number of aromatic nitrogens is 1. The number of nitrogens with one attached hydrogen (secondary N) is 1. The molecule has 2 atom stereocenters. The molecule has 1 aliphatic heterocycles. The molecular weight excluding hydrogens is 348 g/mol. The van der Waals surface area contributed by atoms with Gasteiger partial charge in [-0.1, -0.05) is 17.7 Å². The van der Waals surface area contributed by atoms with Crippen LogP contribution in [0, 0.1) is 5.92 Å². The van der Waals surface area contributed by atoms with Gasteiger partial charge in [0.2, 0.25) is 0 Å². The fraction of sp³-hybridized carbons (Fsp3) is 0.400. The van der Waals surface area contributed by atoms with Crippen molar-refractivity contribution in [3.63, 3.8) is 0 Å². The van der Waals surface area contributed by atoms with Gasteiger partial charge in [-0.15, -0.1) is 0 Å². The van der Waals surface area contributed by atoms with Crippen molar-refractivity contribution in [2.45, 2.75) is 12.6 Å². The Hall–Kier alpha value is -1.95. The van der Waals surface area contributed by atoms with E-state index >= 15 is 0 Å². The molecular formula is C20H25ClN4O. The van der Waals surface area contributed by atoms with Gasteiger partial charge in [-0.2, -0.15) is 0 Å². The molecule has 1 aromatic heterocycles. The molecule has 26 heavy (non-hydrogen) atoms. The van der Waals surface area contributed by atoms with Crippen LogP contribution in [0.15, 0.2) is 48.7 Å². The average Bonchev–Trinajstić information content (AvgIpc) is 2.96. The van der Waals surface area contributed by atoms with Crippen LogP contribution in [-0.4, -0.2) is 60.5 Å². The molecule has 0 radical (unpaired) electrons. The maximum absolute atomic E-state index is 12.6. The molecule has 6 heteroatoms. The summed E-state index contributed by atoms with van der Waals surface area (Å²) in [4.78, 5) is 21.6. The van der Waals surface area contributed by atoms with Crippen molar-refractivity contribution in [1.82, 2.24) is 20.1 Å². The zero-order valence-electron chi connectivity index (χ0n) is 15.2. The second-order valence-corrected chi connectivity index (χ2v) is 7.56. The summed E-state index contributed by atoms with van der Waals surface area (Å²) in [6, 6.07) is 13.1. The maximum atomic E-state index is 12.6. The minimum absolute atomic E-state index is 0.0462. The number of amides is 1. The van der Waals surface area contributed by atoms with Crippen molar-refractivity contribution in [1.29, 1.82) is 0 Å². The molecule has 2 aromatic rings. The minimum Gasteiger partial charge on any atom is -0.348 e. The average molecular weight is 373 g/mol. The standard InChI is InChI=1S/C20H25ClN4O/c1-24(2)11-16-12-25(13-18-5-3-4-10-22-18)14-19(16)23-20(26)15-6-8-17(21)9-7-15/h3-10,16,19H,11-14H2,1-2H3,(H,23,26)/t16-,19-/m1/s1. The zero-order valence-corrected chi connectivity index (χ0v) is 16.0. The number of pyridine rings is 1. The quantitative estimate of drug-likeness (QED) is 0.846. The van der Waals surface area contributed by atoms with Gasteiger partial charge in [0.15, 0.2) is 0 Å². The molecule has 1 N–H and O–H groups in total. The second kappa shape index (κ2) is 8.62. The number of hydrogen-bond acceptors (Lipinski definition) is 4. The van der Waals surface area contributed by atoms with Gasteiger partial charge in [0.05, 0.1) is 5.69 Å². The van der Waals surface area contributed by atoms with Crippen LogP contribution < -0.4 is 5.32 Å². The highest BCUT2D eigenvalue weighted by Crippen LogP contribution is 2.20. The summed E-state index contributed by atoms with van der Waals surface area (Å²) < 4.78 is 0. The molecule has 1 saturated heterocycles. The van der Waals surface area contributed by atoms with Gasteiger partial charge in [-0.05, 0) is 50.5 Å². The van der Waals surface area contributed by atoms with E-state index in [0.717, 1.165) is 31.9 Å². The predicted molar refractivity (Wildman–Crippen MR) is 104 cm³/mol. The van der Waals surface area contributed by atoms with Gasteiger partial charge in [0.25, 0.3) is 5.91 Å².